The zero-order valence-electron chi connectivity index (χ0n) is 33.1. The van der Waals surface area contributed by atoms with E-state index in [2.05, 4.69) is 194 Å². The van der Waals surface area contributed by atoms with Crippen LogP contribution in [0.25, 0.3) is 83.6 Å². The summed E-state index contributed by atoms with van der Waals surface area (Å²) in [5.74, 6) is 0.705. The van der Waals surface area contributed by atoms with Crippen LogP contribution in [0.1, 0.15) is 25.0 Å². The molecule has 0 saturated heterocycles. The van der Waals surface area contributed by atoms with E-state index >= 15 is 0 Å². The number of nitrogens with zero attached hydrogens (tertiary/aromatic N) is 3. The minimum absolute atomic E-state index is 0.0751. The van der Waals surface area contributed by atoms with E-state index in [9.17, 15) is 0 Å². The molecule has 12 rings (SSSR count). The molecule has 1 aliphatic carbocycles. The van der Waals surface area contributed by atoms with Gasteiger partial charge in [-0.2, -0.15) is 0 Å². The quantitative estimate of drug-likeness (QED) is 0.173. The Labute approximate surface area is 357 Å². The van der Waals surface area contributed by atoms with Gasteiger partial charge in [0.15, 0.2) is 5.82 Å². The predicted octanol–water partition coefficient (Wildman–Crippen LogP) is 15.2. The first-order valence-corrected chi connectivity index (χ1v) is 22.0. The Morgan fingerprint density at radius 3 is 1.65 bits per heavy atom. The standard InChI is InChI=1S/C55H37N3S2/c1-55(2)44-27-23-37(29-41(44)42-31-52-53(32-45(42)55)60-51-20-12-11-19-50(51)59-52)38-24-28-49-43(30-38)40-17-9-10-18-48(40)58(49)39-25-21-36(22-26-39)54-56-46(34-13-5-3-6-14-34)33-47(57-54)35-15-7-4-8-16-35/h3-33H,1-2H3. The smallest absolute Gasteiger partial charge is 0.160 e. The molecule has 1 aliphatic heterocycles. The first-order valence-electron chi connectivity index (χ1n) is 20.4. The average molecular weight is 804 g/mol. The molecule has 60 heavy (non-hydrogen) atoms. The zero-order valence-corrected chi connectivity index (χ0v) is 34.7. The number of hydrogen-bond acceptors (Lipinski definition) is 4. The average Bonchev–Trinajstić information content (AvgIpc) is 3.75. The SMILES string of the molecule is CC1(C)c2ccc(-c3ccc4c(c3)c3ccccc3n4-c3ccc(-c4nc(-c5ccccc5)cc(-c5ccccc5)n4)cc3)cc2-c2cc3c(cc21)Sc1ccccc1S3. The number of benzene rings is 8. The summed E-state index contributed by atoms with van der Waals surface area (Å²) in [6.45, 7) is 4.76. The number of para-hydroxylation sites is 1. The van der Waals surface area contributed by atoms with Crippen molar-refractivity contribution in [1.29, 1.82) is 0 Å². The van der Waals surface area contributed by atoms with Crippen molar-refractivity contribution < 1.29 is 0 Å². The molecule has 0 saturated carbocycles. The number of aromatic nitrogens is 3. The van der Waals surface area contributed by atoms with Crippen molar-refractivity contribution in [3.63, 3.8) is 0 Å². The second-order valence-corrected chi connectivity index (χ2v) is 18.4. The highest BCUT2D eigenvalue weighted by atomic mass is 32.2. The van der Waals surface area contributed by atoms with Crippen molar-refractivity contribution >= 4 is 45.3 Å². The van der Waals surface area contributed by atoms with Gasteiger partial charge in [-0.25, -0.2) is 9.97 Å². The normalized spacial score (nSPS) is 13.5. The van der Waals surface area contributed by atoms with Gasteiger partial charge in [0.05, 0.1) is 22.4 Å². The lowest BCUT2D eigenvalue weighted by molar-refractivity contribution is 0.657. The summed E-state index contributed by atoms with van der Waals surface area (Å²) >= 11 is 3.80. The Morgan fingerprint density at radius 1 is 0.400 bits per heavy atom. The lowest BCUT2D eigenvalue weighted by Gasteiger charge is -2.24. The van der Waals surface area contributed by atoms with E-state index in [1.54, 1.807) is 0 Å². The van der Waals surface area contributed by atoms with Crippen LogP contribution in [0, 0.1) is 0 Å². The van der Waals surface area contributed by atoms with Crippen LogP contribution in [0.3, 0.4) is 0 Å². The van der Waals surface area contributed by atoms with Crippen LogP contribution in [0.2, 0.25) is 0 Å². The van der Waals surface area contributed by atoms with Crippen LogP contribution in [0.15, 0.2) is 208 Å². The maximum atomic E-state index is 5.08. The van der Waals surface area contributed by atoms with E-state index in [4.69, 9.17) is 9.97 Å². The molecule has 284 valence electrons. The van der Waals surface area contributed by atoms with Crippen LogP contribution in [0.4, 0.5) is 0 Å². The molecule has 0 N–H and O–H groups in total. The summed E-state index contributed by atoms with van der Waals surface area (Å²) in [4.78, 5) is 15.5. The van der Waals surface area contributed by atoms with Gasteiger partial charge in [-0.1, -0.05) is 147 Å². The van der Waals surface area contributed by atoms with E-state index in [0.717, 1.165) is 33.8 Å². The predicted molar refractivity (Wildman–Crippen MR) is 250 cm³/mol. The van der Waals surface area contributed by atoms with Crippen molar-refractivity contribution in [3.8, 4) is 61.8 Å². The molecule has 3 nitrogen and oxygen atoms in total. The maximum Gasteiger partial charge on any atom is 0.160 e. The van der Waals surface area contributed by atoms with E-state index in [-0.39, 0.29) is 5.41 Å². The molecule has 0 unspecified atom stereocenters. The van der Waals surface area contributed by atoms with E-state index in [1.807, 2.05) is 35.7 Å². The van der Waals surface area contributed by atoms with Gasteiger partial charge < -0.3 is 4.57 Å². The fraction of sp³-hybridized carbons (Fsp3) is 0.0545. The molecule has 0 spiro atoms. The summed E-state index contributed by atoms with van der Waals surface area (Å²) in [7, 11) is 0. The highest BCUT2D eigenvalue weighted by Crippen LogP contribution is 2.56. The molecule has 2 aliphatic rings. The number of fused-ring (bicyclic) bond motifs is 8. The summed E-state index contributed by atoms with van der Waals surface area (Å²) < 4.78 is 2.38. The topological polar surface area (TPSA) is 30.7 Å². The van der Waals surface area contributed by atoms with Crippen LogP contribution in [-0.4, -0.2) is 14.5 Å². The van der Waals surface area contributed by atoms with Crippen molar-refractivity contribution in [3.05, 3.63) is 199 Å². The largest absolute Gasteiger partial charge is 0.309 e. The summed E-state index contributed by atoms with van der Waals surface area (Å²) in [5.41, 5.74) is 16.3. The van der Waals surface area contributed by atoms with E-state index in [0.29, 0.717) is 5.82 Å². The number of hydrogen-bond donors (Lipinski definition) is 0. The third kappa shape index (κ3) is 5.68. The third-order valence-corrected chi connectivity index (χ3v) is 14.8. The molecule has 2 aromatic heterocycles. The Bertz CT molecular complexity index is 3270. The van der Waals surface area contributed by atoms with E-state index in [1.165, 1.54) is 74.8 Å². The first kappa shape index (κ1) is 35.3. The highest BCUT2D eigenvalue weighted by Gasteiger charge is 2.37. The highest BCUT2D eigenvalue weighted by molar-refractivity contribution is 8.05. The van der Waals surface area contributed by atoms with Crippen LogP contribution < -0.4 is 0 Å². The lowest BCUT2D eigenvalue weighted by atomic mass is 9.82. The van der Waals surface area contributed by atoms with Crippen molar-refractivity contribution in [1.82, 2.24) is 14.5 Å². The van der Waals surface area contributed by atoms with Gasteiger partial charge in [0, 0.05) is 58.1 Å². The Hall–Kier alpha value is -6.66. The van der Waals surface area contributed by atoms with Gasteiger partial charge in [0.1, 0.15) is 0 Å². The molecular formula is C55H37N3S2. The molecular weight excluding hydrogens is 767 g/mol. The molecule has 3 heterocycles. The zero-order chi connectivity index (χ0) is 40.0. The van der Waals surface area contributed by atoms with Gasteiger partial charge in [-0.15, -0.1) is 0 Å². The van der Waals surface area contributed by atoms with Crippen LogP contribution in [-0.2, 0) is 5.41 Å². The minimum Gasteiger partial charge on any atom is -0.309 e. The number of rotatable bonds is 5. The van der Waals surface area contributed by atoms with Crippen LogP contribution in [0.5, 0.6) is 0 Å². The molecule has 0 fully saturated rings. The Kier molecular flexibility index (Phi) is 8.06. The first-order chi connectivity index (χ1) is 29.5. The van der Waals surface area contributed by atoms with Crippen molar-refractivity contribution in [2.45, 2.75) is 38.8 Å². The second-order valence-electron chi connectivity index (χ2n) is 16.2. The molecule has 5 heteroatoms. The minimum atomic E-state index is -0.0751. The summed E-state index contributed by atoms with van der Waals surface area (Å²) in [5, 5.41) is 2.47. The molecule has 0 atom stereocenters. The molecule has 0 bridgehead atoms. The Morgan fingerprint density at radius 2 is 0.950 bits per heavy atom. The molecule has 0 radical (unpaired) electrons. The van der Waals surface area contributed by atoms with Gasteiger partial charge in [-0.3, -0.25) is 0 Å². The third-order valence-electron chi connectivity index (χ3n) is 12.3. The summed E-state index contributed by atoms with van der Waals surface area (Å²) in [6.07, 6.45) is 0. The van der Waals surface area contributed by atoms with Crippen molar-refractivity contribution in [2.75, 3.05) is 0 Å². The second kappa shape index (κ2) is 13.7. The van der Waals surface area contributed by atoms with Gasteiger partial charge >= 0.3 is 0 Å². The molecule has 10 aromatic rings. The lowest BCUT2D eigenvalue weighted by Crippen LogP contribution is -2.15. The molecule has 0 amide bonds. The van der Waals surface area contributed by atoms with Crippen molar-refractivity contribution in [2.24, 2.45) is 0 Å². The fourth-order valence-electron chi connectivity index (χ4n) is 9.23. The fourth-order valence-corrected chi connectivity index (χ4v) is 11.5. The monoisotopic (exact) mass is 803 g/mol. The van der Waals surface area contributed by atoms with Gasteiger partial charge in [-0.05, 0) is 112 Å². The van der Waals surface area contributed by atoms with Gasteiger partial charge in [0.25, 0.3) is 0 Å². The Balaban J connectivity index is 0.926. The molecule has 8 aromatic carbocycles. The van der Waals surface area contributed by atoms with Gasteiger partial charge in [0.2, 0.25) is 0 Å². The van der Waals surface area contributed by atoms with Crippen LogP contribution >= 0.6 is 23.5 Å². The maximum absolute atomic E-state index is 5.08. The van der Waals surface area contributed by atoms with E-state index < -0.39 is 0 Å². The summed E-state index contributed by atoms with van der Waals surface area (Å²) in [6, 6.07) is 68.0.